The van der Waals surface area contributed by atoms with Crippen LogP contribution in [0.4, 0.5) is 0 Å². The minimum absolute atomic E-state index is 0.268. The first-order chi connectivity index (χ1) is 7.97. The molecule has 1 aliphatic rings. The van der Waals surface area contributed by atoms with Gasteiger partial charge in [0.05, 0.1) is 0 Å². The van der Waals surface area contributed by atoms with Gasteiger partial charge in [-0.15, -0.1) is 0 Å². The minimum atomic E-state index is 0.268. The van der Waals surface area contributed by atoms with Crippen LogP contribution in [-0.4, -0.2) is 11.7 Å². The van der Waals surface area contributed by atoms with Gasteiger partial charge in [-0.2, -0.15) is 0 Å². The zero-order chi connectivity index (χ0) is 12.9. The van der Waals surface area contributed by atoms with Crippen molar-refractivity contribution in [2.24, 2.45) is 5.41 Å². The van der Waals surface area contributed by atoms with Crippen molar-refractivity contribution in [3.8, 4) is 0 Å². The summed E-state index contributed by atoms with van der Waals surface area (Å²) < 4.78 is 0. The summed E-state index contributed by atoms with van der Waals surface area (Å²) in [5.74, 6) is 0. The Morgan fingerprint density at radius 3 is 2.71 bits per heavy atom. The Bertz CT molecular complexity index is 307. The summed E-state index contributed by atoms with van der Waals surface area (Å²) in [5.41, 5.74) is 5.12. The van der Waals surface area contributed by atoms with Crippen LogP contribution < -0.4 is 0 Å². The van der Waals surface area contributed by atoms with Crippen molar-refractivity contribution in [1.29, 1.82) is 0 Å². The maximum Gasteiger partial charge on any atom is 0.0465 e. The molecular weight excluding hydrogens is 208 g/mol. The third kappa shape index (κ3) is 4.31. The van der Waals surface area contributed by atoms with E-state index in [-0.39, 0.29) is 6.61 Å². The average Bonchev–Trinajstić information content (AvgIpc) is 2.24. The Labute approximate surface area is 107 Å². The predicted molar refractivity (Wildman–Crippen MR) is 75.0 cm³/mol. The molecule has 0 aromatic carbocycles. The number of hydrogen-bond acceptors (Lipinski definition) is 1. The van der Waals surface area contributed by atoms with Crippen LogP contribution in [0.2, 0.25) is 0 Å². The van der Waals surface area contributed by atoms with Crippen LogP contribution in [-0.2, 0) is 0 Å². The molecule has 1 aliphatic carbocycles. The van der Waals surface area contributed by atoms with E-state index in [0.717, 1.165) is 12.8 Å². The first-order valence-corrected chi connectivity index (χ1v) is 6.93. The monoisotopic (exact) mass is 236 g/mol. The number of allylic oxidation sites excluding steroid dienone is 3. The second-order valence-corrected chi connectivity index (χ2v) is 6.06. The van der Waals surface area contributed by atoms with E-state index in [1.165, 1.54) is 31.3 Å². The van der Waals surface area contributed by atoms with Gasteiger partial charge in [-0.25, -0.2) is 0 Å². The molecule has 0 fully saturated rings. The molecule has 1 rings (SSSR count). The van der Waals surface area contributed by atoms with Gasteiger partial charge in [0, 0.05) is 6.61 Å². The maximum atomic E-state index is 8.80. The fraction of sp³-hybridized carbons (Fsp3) is 0.750. The van der Waals surface area contributed by atoms with Gasteiger partial charge in [0.25, 0.3) is 0 Å². The zero-order valence-electron chi connectivity index (χ0n) is 12.0. The Kier molecular flexibility index (Phi) is 5.45. The largest absolute Gasteiger partial charge is 0.396 e. The van der Waals surface area contributed by atoms with E-state index in [2.05, 4.69) is 33.8 Å². The van der Waals surface area contributed by atoms with E-state index in [0.29, 0.717) is 5.41 Å². The van der Waals surface area contributed by atoms with Crippen LogP contribution >= 0.6 is 0 Å². The van der Waals surface area contributed by atoms with Crippen LogP contribution in [0.3, 0.4) is 0 Å². The van der Waals surface area contributed by atoms with Gasteiger partial charge in [-0.1, -0.05) is 36.6 Å². The average molecular weight is 236 g/mol. The fourth-order valence-electron chi connectivity index (χ4n) is 2.96. The Balaban J connectivity index is 2.61. The lowest BCUT2D eigenvalue weighted by Crippen LogP contribution is -2.20. The number of aliphatic hydroxyl groups excluding tert-OH is 1. The summed E-state index contributed by atoms with van der Waals surface area (Å²) in [7, 11) is 0. The summed E-state index contributed by atoms with van der Waals surface area (Å²) in [6.07, 6.45) is 9.29. The standard InChI is InChI=1S/C16H28O/c1-13(7-6-12-17)9-10-15-14(2)8-5-11-16(15,3)4/h7,17H,5-6,8-12H2,1-4H3/b13-7+. The van der Waals surface area contributed by atoms with Crippen molar-refractivity contribution >= 4 is 0 Å². The maximum absolute atomic E-state index is 8.80. The molecule has 0 saturated carbocycles. The molecule has 1 N–H and O–H groups in total. The quantitative estimate of drug-likeness (QED) is 0.690. The third-order valence-corrected chi connectivity index (χ3v) is 4.08. The molecule has 1 heteroatoms. The molecule has 17 heavy (non-hydrogen) atoms. The predicted octanol–water partition coefficient (Wildman–Crippen LogP) is 4.62. The normalized spacial score (nSPS) is 20.9. The molecule has 0 aliphatic heterocycles. The fourth-order valence-corrected chi connectivity index (χ4v) is 2.96. The van der Waals surface area contributed by atoms with E-state index in [1.54, 1.807) is 11.1 Å². The van der Waals surface area contributed by atoms with Crippen molar-refractivity contribution in [2.75, 3.05) is 6.61 Å². The molecule has 0 spiro atoms. The van der Waals surface area contributed by atoms with Gasteiger partial charge >= 0.3 is 0 Å². The van der Waals surface area contributed by atoms with E-state index >= 15 is 0 Å². The highest BCUT2D eigenvalue weighted by Gasteiger charge is 2.27. The van der Waals surface area contributed by atoms with Crippen molar-refractivity contribution in [2.45, 2.75) is 66.2 Å². The lowest BCUT2D eigenvalue weighted by atomic mass is 9.71. The highest BCUT2D eigenvalue weighted by Crippen LogP contribution is 2.42. The van der Waals surface area contributed by atoms with Gasteiger partial charge in [0.15, 0.2) is 0 Å². The Morgan fingerprint density at radius 1 is 1.41 bits per heavy atom. The van der Waals surface area contributed by atoms with Crippen molar-refractivity contribution in [3.05, 3.63) is 22.8 Å². The second-order valence-electron chi connectivity index (χ2n) is 6.06. The Morgan fingerprint density at radius 2 is 2.12 bits per heavy atom. The van der Waals surface area contributed by atoms with Crippen LogP contribution in [0.1, 0.15) is 66.2 Å². The van der Waals surface area contributed by atoms with Crippen LogP contribution in [0.15, 0.2) is 22.8 Å². The van der Waals surface area contributed by atoms with Crippen LogP contribution in [0.5, 0.6) is 0 Å². The summed E-state index contributed by atoms with van der Waals surface area (Å²) >= 11 is 0. The number of hydrogen-bond donors (Lipinski definition) is 1. The Hall–Kier alpha value is -0.560. The molecule has 0 atom stereocenters. The molecule has 0 heterocycles. The topological polar surface area (TPSA) is 20.2 Å². The highest BCUT2D eigenvalue weighted by molar-refractivity contribution is 5.23. The molecule has 98 valence electrons. The SMILES string of the molecule is CC1=C(CC/C(C)=C/CCO)C(C)(C)CCC1. The molecule has 0 bridgehead atoms. The minimum Gasteiger partial charge on any atom is -0.396 e. The van der Waals surface area contributed by atoms with Gasteiger partial charge in [-0.3, -0.25) is 0 Å². The van der Waals surface area contributed by atoms with Crippen molar-refractivity contribution in [3.63, 3.8) is 0 Å². The summed E-state index contributed by atoms with van der Waals surface area (Å²) in [4.78, 5) is 0. The molecule has 0 aromatic rings. The van der Waals surface area contributed by atoms with E-state index in [9.17, 15) is 0 Å². The number of aliphatic hydroxyl groups is 1. The summed E-state index contributed by atoms with van der Waals surface area (Å²) in [6, 6.07) is 0. The third-order valence-electron chi connectivity index (χ3n) is 4.08. The van der Waals surface area contributed by atoms with Crippen molar-refractivity contribution < 1.29 is 5.11 Å². The molecule has 0 saturated heterocycles. The lowest BCUT2D eigenvalue weighted by Gasteiger charge is -2.34. The van der Waals surface area contributed by atoms with Crippen LogP contribution in [0, 0.1) is 5.41 Å². The lowest BCUT2D eigenvalue weighted by molar-refractivity contribution is 0.302. The van der Waals surface area contributed by atoms with E-state index in [1.807, 2.05) is 0 Å². The summed E-state index contributed by atoms with van der Waals surface area (Å²) in [6.45, 7) is 9.53. The summed E-state index contributed by atoms with van der Waals surface area (Å²) in [5, 5.41) is 8.80. The highest BCUT2D eigenvalue weighted by atomic mass is 16.2. The smallest absolute Gasteiger partial charge is 0.0465 e. The van der Waals surface area contributed by atoms with Gasteiger partial charge in [-0.05, 0) is 57.8 Å². The van der Waals surface area contributed by atoms with Gasteiger partial charge in [0.1, 0.15) is 0 Å². The van der Waals surface area contributed by atoms with Gasteiger partial charge < -0.3 is 5.11 Å². The first-order valence-electron chi connectivity index (χ1n) is 6.93. The molecule has 0 amide bonds. The molecule has 0 aromatic heterocycles. The van der Waals surface area contributed by atoms with E-state index in [4.69, 9.17) is 5.11 Å². The molecular formula is C16H28O. The molecule has 0 unspecified atom stereocenters. The number of rotatable bonds is 5. The van der Waals surface area contributed by atoms with E-state index < -0.39 is 0 Å². The zero-order valence-corrected chi connectivity index (χ0v) is 12.0. The first kappa shape index (κ1) is 14.5. The van der Waals surface area contributed by atoms with Crippen LogP contribution in [0.25, 0.3) is 0 Å². The second kappa shape index (κ2) is 6.39. The van der Waals surface area contributed by atoms with Gasteiger partial charge in [0.2, 0.25) is 0 Å². The molecule has 1 nitrogen and oxygen atoms in total. The van der Waals surface area contributed by atoms with Crippen molar-refractivity contribution in [1.82, 2.24) is 0 Å². The molecule has 0 radical (unpaired) electrons.